The van der Waals surface area contributed by atoms with Crippen molar-refractivity contribution < 1.29 is 10.3 Å². The first-order chi connectivity index (χ1) is 11.8. The molecule has 4 atom stereocenters. The van der Waals surface area contributed by atoms with Crippen LogP contribution in [0, 0.1) is 19.8 Å². The molecule has 2 rings (SSSR count). The molecule has 0 aliphatic heterocycles. The second-order valence-electron chi connectivity index (χ2n) is 6.57. The second kappa shape index (κ2) is 6.04. The third-order valence-corrected chi connectivity index (χ3v) is 5.02. The summed E-state index contributed by atoms with van der Waals surface area (Å²) in [6.07, 6.45) is 0.583. The molecular weight excluding hydrogens is 272 g/mol. The average Bonchev–Trinajstić information content (AvgIpc) is 3.26. The highest BCUT2D eigenvalue weighted by Gasteiger charge is 2.63. The van der Waals surface area contributed by atoms with E-state index >= 15 is 0 Å². The summed E-state index contributed by atoms with van der Waals surface area (Å²) < 4.78 is 31.5. The Balaban J connectivity index is 2.54. The topological polar surface area (TPSA) is 46.3 Å². The monoisotopic (exact) mass is 306 g/mol. The summed E-state index contributed by atoms with van der Waals surface area (Å²) in [4.78, 5) is 14.8. The number of aryl methyl sites for hydroxylation is 2. The van der Waals surface area contributed by atoms with Gasteiger partial charge in [0.15, 0.2) is 0 Å². The van der Waals surface area contributed by atoms with Gasteiger partial charge in [0.2, 0.25) is 5.91 Å². The molecule has 0 spiro atoms. The Hall–Kier alpha value is -1.35. The minimum absolute atomic E-state index is 0.0569. The molecule has 0 bridgehead atoms. The first kappa shape index (κ1) is 12.1. The number of hydrogen-bond acceptors (Lipinski definition) is 2. The molecular formula is C19H30N2O. The highest BCUT2D eigenvalue weighted by atomic mass is 16.2. The molecule has 0 radical (unpaired) electrons. The van der Waals surface area contributed by atoms with Gasteiger partial charge in [-0.1, -0.05) is 18.2 Å². The highest BCUT2D eigenvalue weighted by Crippen LogP contribution is 2.57. The number of amides is 1. The van der Waals surface area contributed by atoms with Crippen LogP contribution in [0.1, 0.15) is 56.2 Å². The molecule has 1 aromatic carbocycles. The van der Waals surface area contributed by atoms with Crippen molar-refractivity contribution in [2.45, 2.75) is 65.4 Å². The van der Waals surface area contributed by atoms with Crippen LogP contribution in [0.2, 0.25) is 0 Å². The Morgan fingerprint density at radius 2 is 2.18 bits per heavy atom. The Morgan fingerprint density at radius 1 is 1.50 bits per heavy atom. The molecule has 2 unspecified atom stereocenters. The van der Waals surface area contributed by atoms with Gasteiger partial charge in [-0.25, -0.2) is 0 Å². The Bertz CT molecular complexity index is 699. The maximum atomic E-state index is 13.6. The Labute approximate surface area is 140 Å². The largest absolute Gasteiger partial charge is 0.340 e. The third-order valence-electron chi connectivity index (χ3n) is 5.02. The molecule has 3 nitrogen and oxygen atoms in total. The van der Waals surface area contributed by atoms with E-state index in [1.54, 1.807) is 6.92 Å². The molecule has 1 aliphatic carbocycles. The van der Waals surface area contributed by atoms with Gasteiger partial charge in [-0.05, 0) is 70.5 Å². The summed E-state index contributed by atoms with van der Waals surface area (Å²) in [5.74, 6) is -0.363. The number of carbonyl (C=O) groups excluding carboxylic acids is 1. The fraction of sp³-hybridized carbons (Fsp3) is 0.632. The normalized spacial score (nSPS) is 31.1. The molecule has 1 amide bonds. The minimum atomic E-state index is -2.60. The van der Waals surface area contributed by atoms with Gasteiger partial charge in [0.25, 0.3) is 0 Å². The van der Waals surface area contributed by atoms with Crippen LogP contribution >= 0.6 is 0 Å². The summed E-state index contributed by atoms with van der Waals surface area (Å²) >= 11 is 0. The summed E-state index contributed by atoms with van der Waals surface area (Å²) in [5, 5.41) is 0. The summed E-state index contributed by atoms with van der Waals surface area (Å²) in [5.41, 5.74) is 8.37. The van der Waals surface area contributed by atoms with Crippen molar-refractivity contribution in [3.63, 3.8) is 0 Å². The number of nitrogens with two attached hydrogens (primary N) is 1. The molecule has 1 aromatic rings. The van der Waals surface area contributed by atoms with Crippen LogP contribution in [0.15, 0.2) is 18.2 Å². The maximum Gasteiger partial charge on any atom is 0.233 e. The zero-order valence-electron chi connectivity index (χ0n) is 18.2. The standard InChI is InChI=1S/C19H30N2O/c1-7-21(12(2)3)18(22)19(11-17(19)15(6)20)16-9-8-13(4)14(5)10-16/h8-10,12,15,17H,7,11,20H2,1-6H3/t15?,17-,19+/m1/s1/i2D3,12D/t12?,15?,17-,19+. The van der Waals surface area contributed by atoms with Crippen LogP contribution in [0.4, 0.5) is 0 Å². The van der Waals surface area contributed by atoms with E-state index in [2.05, 4.69) is 0 Å². The van der Waals surface area contributed by atoms with Crippen molar-refractivity contribution in [2.24, 2.45) is 11.7 Å². The van der Waals surface area contributed by atoms with Crippen molar-refractivity contribution >= 4 is 5.91 Å². The molecule has 2 N–H and O–H groups in total. The summed E-state index contributed by atoms with van der Waals surface area (Å²) in [6, 6.07) is 3.74. The minimum Gasteiger partial charge on any atom is -0.340 e. The van der Waals surface area contributed by atoms with Gasteiger partial charge in [0.05, 0.1) is 6.79 Å². The van der Waals surface area contributed by atoms with E-state index in [1.807, 2.05) is 39.0 Å². The van der Waals surface area contributed by atoms with Crippen LogP contribution in [0.5, 0.6) is 0 Å². The fourth-order valence-electron chi connectivity index (χ4n) is 3.42. The van der Waals surface area contributed by atoms with Gasteiger partial charge in [-0.15, -0.1) is 0 Å². The van der Waals surface area contributed by atoms with E-state index in [1.165, 1.54) is 11.8 Å². The van der Waals surface area contributed by atoms with E-state index < -0.39 is 18.3 Å². The molecule has 22 heavy (non-hydrogen) atoms. The number of hydrogen-bond donors (Lipinski definition) is 1. The predicted molar refractivity (Wildman–Crippen MR) is 91.9 cm³/mol. The molecule has 0 heterocycles. The maximum absolute atomic E-state index is 13.6. The van der Waals surface area contributed by atoms with Crippen molar-refractivity contribution in [2.75, 3.05) is 6.54 Å². The van der Waals surface area contributed by atoms with Crippen molar-refractivity contribution in [1.29, 1.82) is 0 Å². The molecule has 0 aromatic heterocycles. The third kappa shape index (κ3) is 2.67. The van der Waals surface area contributed by atoms with Crippen LogP contribution in [0.25, 0.3) is 0 Å². The highest BCUT2D eigenvalue weighted by molar-refractivity contribution is 5.92. The average molecular weight is 306 g/mol. The van der Waals surface area contributed by atoms with Crippen molar-refractivity contribution in [3.8, 4) is 0 Å². The molecule has 3 heteroatoms. The quantitative estimate of drug-likeness (QED) is 0.908. The van der Waals surface area contributed by atoms with Crippen LogP contribution < -0.4 is 5.73 Å². The Kier molecular flexibility index (Phi) is 3.33. The van der Waals surface area contributed by atoms with E-state index in [9.17, 15) is 4.79 Å². The molecule has 1 aliphatic rings. The second-order valence-corrected chi connectivity index (χ2v) is 6.57. The van der Waals surface area contributed by atoms with Gasteiger partial charge in [0.1, 0.15) is 0 Å². The van der Waals surface area contributed by atoms with Gasteiger partial charge >= 0.3 is 0 Å². The van der Waals surface area contributed by atoms with E-state index in [4.69, 9.17) is 11.2 Å². The predicted octanol–water partition coefficient (Wildman–Crippen LogP) is 3.17. The molecule has 1 fully saturated rings. The van der Waals surface area contributed by atoms with Gasteiger partial charge in [-0.2, -0.15) is 0 Å². The lowest BCUT2D eigenvalue weighted by atomic mass is 9.87. The summed E-state index contributed by atoms with van der Waals surface area (Å²) in [6.45, 7) is 6.46. The van der Waals surface area contributed by atoms with Gasteiger partial charge in [0, 0.05) is 22.7 Å². The number of benzene rings is 1. The number of nitrogens with zero attached hydrogens (tertiary/aromatic N) is 1. The summed E-state index contributed by atoms with van der Waals surface area (Å²) in [7, 11) is 0. The smallest absolute Gasteiger partial charge is 0.233 e. The zero-order valence-corrected chi connectivity index (χ0v) is 14.2. The first-order valence-corrected chi connectivity index (χ1v) is 7.96. The van der Waals surface area contributed by atoms with E-state index in [0.29, 0.717) is 6.42 Å². The van der Waals surface area contributed by atoms with Gasteiger partial charge < -0.3 is 10.6 Å². The van der Waals surface area contributed by atoms with Crippen molar-refractivity contribution in [1.82, 2.24) is 4.90 Å². The number of carbonyl (C=O) groups is 1. The SMILES string of the molecule is [2H]C([2H])([2H])C([2H])(C)N(CC)C(=O)[C@]1(c2ccc(C)c(C)c2)C[C@@H]1C(C)N. The first-order valence-electron chi connectivity index (χ1n) is 9.96. The lowest BCUT2D eigenvalue weighted by Gasteiger charge is -2.31. The van der Waals surface area contributed by atoms with Crippen molar-refractivity contribution in [3.05, 3.63) is 34.9 Å². The van der Waals surface area contributed by atoms with Crippen LogP contribution in [0.3, 0.4) is 0 Å². The van der Waals surface area contributed by atoms with Crippen LogP contribution in [-0.2, 0) is 10.2 Å². The molecule has 122 valence electrons. The number of likely N-dealkylation sites (N-methyl/N-ethyl adjacent to an activating group) is 1. The molecule has 1 saturated carbocycles. The zero-order chi connectivity index (χ0) is 20.1. The van der Waals surface area contributed by atoms with Crippen LogP contribution in [-0.4, -0.2) is 29.4 Å². The molecule has 0 saturated heterocycles. The lowest BCUT2D eigenvalue weighted by Crippen LogP contribution is -2.45. The fourth-order valence-corrected chi connectivity index (χ4v) is 3.42. The van der Waals surface area contributed by atoms with E-state index in [-0.39, 0.29) is 24.4 Å². The Morgan fingerprint density at radius 3 is 2.64 bits per heavy atom. The van der Waals surface area contributed by atoms with Gasteiger partial charge in [-0.3, -0.25) is 4.79 Å². The number of rotatable bonds is 5. The van der Waals surface area contributed by atoms with E-state index in [0.717, 1.165) is 16.7 Å². The lowest BCUT2D eigenvalue weighted by molar-refractivity contribution is -0.136.